The highest BCUT2D eigenvalue weighted by molar-refractivity contribution is 7.89. The Bertz CT molecular complexity index is 532. The van der Waals surface area contributed by atoms with Crippen molar-refractivity contribution < 1.29 is 17.5 Å². The second-order valence-corrected chi connectivity index (χ2v) is 6.30. The molecule has 1 unspecified atom stereocenters. The van der Waals surface area contributed by atoms with E-state index in [1.165, 1.54) is 13.2 Å². The smallest absolute Gasteiger partial charge is 0.243 e. The number of methoxy groups -OCH3 is 1. The van der Waals surface area contributed by atoms with Crippen molar-refractivity contribution in [2.24, 2.45) is 5.92 Å². The van der Waals surface area contributed by atoms with Crippen LogP contribution in [-0.2, 0) is 14.8 Å². The highest BCUT2D eigenvalue weighted by atomic mass is 32.2. The largest absolute Gasteiger partial charge is 0.399 e. The first-order valence-electron chi connectivity index (χ1n) is 5.84. The summed E-state index contributed by atoms with van der Waals surface area (Å²) in [5, 5.41) is 0. The first-order chi connectivity index (χ1) is 8.77. The van der Waals surface area contributed by atoms with Gasteiger partial charge in [-0.1, -0.05) is 13.8 Å². The standard InChI is InChI=1S/C12H19FN2O3S/c1-8(2)11(7-18-3)15-19(16,17)12-6-9(14)4-5-10(12)13/h4-6,8,11,15H,7,14H2,1-3H3. The lowest BCUT2D eigenvalue weighted by molar-refractivity contribution is 0.157. The molecule has 1 rings (SSSR count). The van der Waals surface area contributed by atoms with Crippen molar-refractivity contribution in [3.05, 3.63) is 24.0 Å². The number of hydrogen-bond acceptors (Lipinski definition) is 4. The van der Waals surface area contributed by atoms with Crippen molar-refractivity contribution in [1.82, 2.24) is 4.72 Å². The highest BCUT2D eigenvalue weighted by Crippen LogP contribution is 2.18. The van der Waals surface area contributed by atoms with Gasteiger partial charge in [0.1, 0.15) is 10.7 Å². The number of nitrogens with one attached hydrogen (secondary N) is 1. The third-order valence-corrected chi connectivity index (χ3v) is 4.21. The zero-order valence-electron chi connectivity index (χ0n) is 11.2. The highest BCUT2D eigenvalue weighted by Gasteiger charge is 2.25. The molecule has 0 radical (unpaired) electrons. The zero-order valence-corrected chi connectivity index (χ0v) is 12.0. The average Bonchev–Trinajstić information content (AvgIpc) is 2.31. The molecule has 0 aliphatic carbocycles. The van der Waals surface area contributed by atoms with Crippen LogP contribution in [0.1, 0.15) is 13.8 Å². The van der Waals surface area contributed by atoms with Gasteiger partial charge in [0.25, 0.3) is 0 Å². The summed E-state index contributed by atoms with van der Waals surface area (Å²) in [6.07, 6.45) is 0. The van der Waals surface area contributed by atoms with Crippen molar-refractivity contribution in [3.63, 3.8) is 0 Å². The minimum Gasteiger partial charge on any atom is -0.399 e. The molecule has 1 atom stereocenters. The van der Waals surface area contributed by atoms with Gasteiger partial charge < -0.3 is 10.5 Å². The second-order valence-electron chi connectivity index (χ2n) is 4.62. The van der Waals surface area contributed by atoms with Crippen molar-refractivity contribution in [2.75, 3.05) is 19.5 Å². The minimum atomic E-state index is -3.96. The zero-order chi connectivity index (χ0) is 14.6. The van der Waals surface area contributed by atoms with Crippen molar-refractivity contribution >= 4 is 15.7 Å². The fraction of sp³-hybridized carbons (Fsp3) is 0.500. The maximum absolute atomic E-state index is 13.6. The van der Waals surface area contributed by atoms with Crippen LogP contribution in [-0.4, -0.2) is 28.2 Å². The van der Waals surface area contributed by atoms with E-state index in [1.54, 1.807) is 0 Å². The molecule has 3 N–H and O–H groups in total. The van der Waals surface area contributed by atoms with E-state index in [0.29, 0.717) is 0 Å². The summed E-state index contributed by atoms with van der Waals surface area (Å²) in [5.41, 5.74) is 5.68. The molecule has 108 valence electrons. The number of nitrogens with two attached hydrogens (primary N) is 1. The lowest BCUT2D eigenvalue weighted by atomic mass is 10.1. The van der Waals surface area contributed by atoms with E-state index in [2.05, 4.69) is 4.72 Å². The topological polar surface area (TPSA) is 81.4 Å². The van der Waals surface area contributed by atoms with E-state index in [-0.39, 0.29) is 18.2 Å². The lowest BCUT2D eigenvalue weighted by Gasteiger charge is -2.21. The molecule has 0 fully saturated rings. The molecule has 1 aromatic rings. The summed E-state index contributed by atoms with van der Waals surface area (Å²) in [4.78, 5) is -0.450. The van der Waals surface area contributed by atoms with Crippen molar-refractivity contribution in [2.45, 2.75) is 24.8 Å². The maximum Gasteiger partial charge on any atom is 0.243 e. The molecule has 19 heavy (non-hydrogen) atoms. The fourth-order valence-electron chi connectivity index (χ4n) is 1.53. The quantitative estimate of drug-likeness (QED) is 0.775. The maximum atomic E-state index is 13.6. The van der Waals surface area contributed by atoms with Gasteiger partial charge in [-0.3, -0.25) is 0 Å². The summed E-state index contributed by atoms with van der Waals surface area (Å²) in [5.74, 6) is -0.819. The summed E-state index contributed by atoms with van der Waals surface area (Å²) in [6.45, 7) is 3.91. The van der Waals surface area contributed by atoms with E-state index in [1.807, 2.05) is 13.8 Å². The third kappa shape index (κ3) is 4.15. The minimum absolute atomic E-state index is 0.0128. The Kier molecular flexibility index (Phi) is 5.28. The molecule has 0 bridgehead atoms. The van der Waals surface area contributed by atoms with Crippen LogP contribution in [0.25, 0.3) is 0 Å². The van der Waals surface area contributed by atoms with Gasteiger partial charge in [-0.2, -0.15) is 0 Å². The fourth-order valence-corrected chi connectivity index (χ4v) is 3.01. The number of halogens is 1. The van der Waals surface area contributed by atoms with Crippen LogP contribution in [0.15, 0.2) is 23.1 Å². The Morgan fingerprint density at radius 2 is 2.05 bits per heavy atom. The van der Waals surface area contributed by atoms with Crippen LogP contribution in [0, 0.1) is 11.7 Å². The molecule has 0 aromatic heterocycles. The van der Waals surface area contributed by atoms with Crippen LogP contribution in [0.3, 0.4) is 0 Å². The van der Waals surface area contributed by atoms with Crippen LogP contribution >= 0.6 is 0 Å². The number of sulfonamides is 1. The molecule has 0 saturated carbocycles. The molecular formula is C12H19FN2O3S. The van der Waals surface area contributed by atoms with Gasteiger partial charge >= 0.3 is 0 Å². The summed E-state index contributed by atoms with van der Waals surface area (Å²) < 4.78 is 45.2. The first kappa shape index (κ1) is 15.9. The number of ether oxygens (including phenoxy) is 1. The Morgan fingerprint density at radius 1 is 1.42 bits per heavy atom. The van der Waals surface area contributed by atoms with Gasteiger partial charge in [0.15, 0.2) is 0 Å². The van der Waals surface area contributed by atoms with Gasteiger partial charge in [-0.05, 0) is 24.1 Å². The second kappa shape index (κ2) is 6.31. The molecule has 1 aromatic carbocycles. The van der Waals surface area contributed by atoms with E-state index in [4.69, 9.17) is 10.5 Å². The SMILES string of the molecule is COCC(NS(=O)(=O)c1cc(N)ccc1F)C(C)C. The molecule has 0 amide bonds. The van der Waals surface area contributed by atoms with Crippen molar-refractivity contribution in [1.29, 1.82) is 0 Å². The molecule has 5 nitrogen and oxygen atoms in total. The Morgan fingerprint density at radius 3 is 2.58 bits per heavy atom. The number of benzene rings is 1. The number of anilines is 1. The number of hydrogen-bond donors (Lipinski definition) is 2. The number of nitrogen functional groups attached to an aromatic ring is 1. The molecular weight excluding hydrogens is 271 g/mol. The van der Waals surface area contributed by atoms with E-state index < -0.39 is 26.8 Å². The number of rotatable bonds is 6. The van der Waals surface area contributed by atoms with Crippen LogP contribution in [0.2, 0.25) is 0 Å². The van der Waals surface area contributed by atoms with Gasteiger partial charge in [0, 0.05) is 18.8 Å². The van der Waals surface area contributed by atoms with Crippen molar-refractivity contribution in [3.8, 4) is 0 Å². The van der Waals surface area contributed by atoms with E-state index in [9.17, 15) is 12.8 Å². The lowest BCUT2D eigenvalue weighted by Crippen LogP contribution is -2.41. The summed E-state index contributed by atoms with van der Waals surface area (Å²) in [6, 6.07) is 3.01. The van der Waals surface area contributed by atoms with Gasteiger partial charge in [0.2, 0.25) is 10.0 Å². The van der Waals surface area contributed by atoms with Crippen LogP contribution in [0.4, 0.5) is 10.1 Å². The Labute approximate surface area is 113 Å². The van der Waals surface area contributed by atoms with Gasteiger partial charge in [-0.15, -0.1) is 0 Å². The monoisotopic (exact) mass is 290 g/mol. The van der Waals surface area contributed by atoms with Crippen LogP contribution < -0.4 is 10.5 Å². The molecule has 0 heterocycles. The Balaban J connectivity index is 3.06. The predicted octanol–water partition coefficient (Wildman–Crippen LogP) is 1.36. The summed E-state index contributed by atoms with van der Waals surface area (Å²) in [7, 11) is -2.49. The third-order valence-electron chi connectivity index (χ3n) is 2.70. The summed E-state index contributed by atoms with van der Waals surface area (Å²) >= 11 is 0. The van der Waals surface area contributed by atoms with E-state index >= 15 is 0 Å². The van der Waals surface area contributed by atoms with Crippen LogP contribution in [0.5, 0.6) is 0 Å². The molecule has 0 aliphatic heterocycles. The molecule has 7 heteroatoms. The molecule has 0 spiro atoms. The predicted molar refractivity (Wildman–Crippen MR) is 71.6 cm³/mol. The normalized spacial score (nSPS) is 13.7. The Hall–Kier alpha value is -1.18. The van der Waals surface area contributed by atoms with Gasteiger partial charge in [-0.25, -0.2) is 17.5 Å². The molecule has 0 saturated heterocycles. The first-order valence-corrected chi connectivity index (χ1v) is 7.32. The van der Waals surface area contributed by atoms with Gasteiger partial charge in [0.05, 0.1) is 6.61 Å². The van der Waals surface area contributed by atoms with E-state index in [0.717, 1.165) is 12.1 Å². The average molecular weight is 290 g/mol. The molecule has 0 aliphatic rings.